The van der Waals surface area contributed by atoms with Gasteiger partial charge in [-0.15, -0.1) is 10.2 Å². The summed E-state index contributed by atoms with van der Waals surface area (Å²) in [4.78, 5) is 1.16. The molecule has 1 aromatic heterocycles. The first kappa shape index (κ1) is 17.2. The van der Waals surface area contributed by atoms with Gasteiger partial charge in [0.15, 0.2) is 8.68 Å². The van der Waals surface area contributed by atoms with Crippen molar-refractivity contribution in [1.82, 2.24) is 15.5 Å². The van der Waals surface area contributed by atoms with E-state index in [2.05, 4.69) is 49.6 Å². The van der Waals surface area contributed by atoms with Crippen LogP contribution in [0.5, 0.6) is 0 Å². The molecule has 21 heavy (non-hydrogen) atoms. The third kappa shape index (κ3) is 5.54. The van der Waals surface area contributed by atoms with Gasteiger partial charge in [0.25, 0.3) is 0 Å². The Bertz CT molecular complexity index is 580. The fraction of sp³-hybridized carbons (Fsp3) is 0.385. The molecule has 2 aromatic rings. The minimum atomic E-state index is 0.723. The normalized spacial score (nSPS) is 11.0. The molecule has 114 valence electrons. The summed E-state index contributed by atoms with van der Waals surface area (Å²) in [5.41, 5.74) is 1.23. The Morgan fingerprint density at radius 2 is 2.14 bits per heavy atom. The van der Waals surface area contributed by atoms with E-state index in [0.29, 0.717) is 0 Å². The molecule has 0 saturated carbocycles. The Labute approximate surface area is 145 Å². The van der Waals surface area contributed by atoms with Crippen LogP contribution < -0.4 is 5.32 Å². The van der Waals surface area contributed by atoms with E-state index < -0.39 is 0 Å². The van der Waals surface area contributed by atoms with Crippen LogP contribution in [0.15, 0.2) is 36.2 Å². The number of ether oxygens (including phenoxy) is 1. The number of rotatable bonds is 8. The van der Waals surface area contributed by atoms with Crippen LogP contribution in [0.1, 0.15) is 5.56 Å². The standard InChI is InChI=1S/C13H16BrN3OS3/c1-18-6-5-15-8-9-3-4-10(7-11(9)14)20-13-17-16-12(19-2)21-13/h3-4,7,15H,5-6,8H2,1-2H3. The van der Waals surface area contributed by atoms with Crippen LogP contribution in [-0.4, -0.2) is 36.7 Å². The Hall–Kier alpha value is -0.120. The van der Waals surface area contributed by atoms with Crippen LogP contribution >= 0.6 is 50.8 Å². The van der Waals surface area contributed by atoms with Gasteiger partial charge < -0.3 is 10.1 Å². The maximum atomic E-state index is 5.02. The highest BCUT2D eigenvalue weighted by Gasteiger charge is 2.07. The van der Waals surface area contributed by atoms with Crippen LogP contribution in [0.4, 0.5) is 0 Å². The molecule has 0 radical (unpaired) electrons. The lowest BCUT2D eigenvalue weighted by Crippen LogP contribution is -2.18. The lowest BCUT2D eigenvalue weighted by atomic mass is 10.2. The van der Waals surface area contributed by atoms with Gasteiger partial charge in [0, 0.05) is 29.6 Å². The van der Waals surface area contributed by atoms with Crippen molar-refractivity contribution in [3.05, 3.63) is 28.2 Å². The monoisotopic (exact) mass is 405 g/mol. The number of methoxy groups -OCH3 is 1. The summed E-state index contributed by atoms with van der Waals surface area (Å²) in [5, 5.41) is 11.6. The maximum absolute atomic E-state index is 5.02. The number of halogens is 1. The summed E-state index contributed by atoms with van der Waals surface area (Å²) in [7, 11) is 1.71. The Balaban J connectivity index is 1.94. The molecule has 0 aliphatic heterocycles. The molecule has 0 fully saturated rings. The molecule has 0 amide bonds. The summed E-state index contributed by atoms with van der Waals surface area (Å²) in [5.74, 6) is 0. The molecule has 1 aromatic carbocycles. The first-order chi connectivity index (χ1) is 10.2. The molecule has 1 N–H and O–H groups in total. The average Bonchev–Trinajstić information content (AvgIpc) is 2.93. The highest BCUT2D eigenvalue weighted by Crippen LogP contribution is 2.34. The highest BCUT2D eigenvalue weighted by molar-refractivity contribution is 9.10. The number of benzene rings is 1. The Morgan fingerprint density at radius 1 is 1.33 bits per heavy atom. The summed E-state index contributed by atoms with van der Waals surface area (Å²) in [6.07, 6.45) is 2.01. The number of nitrogens with one attached hydrogen (secondary N) is 1. The van der Waals surface area contributed by atoms with Crippen LogP contribution in [0.3, 0.4) is 0 Å². The summed E-state index contributed by atoms with van der Waals surface area (Å²) in [6, 6.07) is 6.36. The van der Waals surface area contributed by atoms with Crippen LogP contribution in [0.2, 0.25) is 0 Å². The Kier molecular flexibility index (Phi) is 7.48. The van der Waals surface area contributed by atoms with E-state index in [1.807, 2.05) is 6.26 Å². The van der Waals surface area contributed by atoms with Crippen molar-refractivity contribution in [2.75, 3.05) is 26.5 Å². The molecular weight excluding hydrogens is 390 g/mol. The van der Waals surface area contributed by atoms with Crippen molar-refractivity contribution < 1.29 is 4.74 Å². The molecule has 0 aliphatic rings. The number of aromatic nitrogens is 2. The fourth-order valence-corrected chi connectivity index (χ4v) is 4.68. The summed E-state index contributed by atoms with van der Waals surface area (Å²) in [6.45, 7) is 2.40. The zero-order valence-electron chi connectivity index (χ0n) is 11.8. The first-order valence-corrected chi connectivity index (χ1v) is 9.91. The summed E-state index contributed by atoms with van der Waals surface area (Å²) >= 11 is 8.51. The molecule has 0 saturated heterocycles. The molecule has 0 atom stereocenters. The van der Waals surface area contributed by atoms with Gasteiger partial charge in [-0.1, -0.05) is 56.9 Å². The zero-order valence-corrected chi connectivity index (χ0v) is 15.8. The van der Waals surface area contributed by atoms with Gasteiger partial charge in [-0.2, -0.15) is 0 Å². The second kappa shape index (κ2) is 9.12. The first-order valence-electron chi connectivity index (χ1n) is 6.26. The van der Waals surface area contributed by atoms with Crippen molar-refractivity contribution in [1.29, 1.82) is 0 Å². The quantitative estimate of drug-likeness (QED) is 0.530. The topological polar surface area (TPSA) is 47.0 Å². The zero-order chi connectivity index (χ0) is 15.1. The van der Waals surface area contributed by atoms with Crippen LogP contribution in [0, 0.1) is 0 Å². The largest absolute Gasteiger partial charge is 0.383 e. The van der Waals surface area contributed by atoms with Crippen molar-refractivity contribution >= 4 is 50.8 Å². The van der Waals surface area contributed by atoms with Crippen molar-refractivity contribution in [3.8, 4) is 0 Å². The van der Waals surface area contributed by atoms with E-state index in [0.717, 1.165) is 37.7 Å². The summed E-state index contributed by atoms with van der Waals surface area (Å²) < 4.78 is 8.08. The predicted octanol–water partition coefficient (Wildman–Crippen LogP) is 3.91. The maximum Gasteiger partial charge on any atom is 0.179 e. The van der Waals surface area contributed by atoms with Gasteiger partial charge in [0.2, 0.25) is 0 Å². The van der Waals surface area contributed by atoms with Gasteiger partial charge in [-0.05, 0) is 24.0 Å². The molecule has 0 spiro atoms. The fourth-order valence-electron chi connectivity index (χ4n) is 1.55. The lowest BCUT2D eigenvalue weighted by molar-refractivity contribution is 0.199. The van der Waals surface area contributed by atoms with Gasteiger partial charge in [-0.25, -0.2) is 0 Å². The lowest BCUT2D eigenvalue weighted by Gasteiger charge is -2.08. The number of nitrogens with zero attached hydrogens (tertiary/aromatic N) is 2. The molecule has 1 heterocycles. The second-order valence-corrected chi connectivity index (χ2v) is 8.27. The molecule has 4 nitrogen and oxygen atoms in total. The number of hydrogen-bond acceptors (Lipinski definition) is 7. The average molecular weight is 406 g/mol. The molecule has 8 heteroatoms. The minimum Gasteiger partial charge on any atom is -0.383 e. The predicted molar refractivity (Wildman–Crippen MR) is 93.5 cm³/mol. The molecule has 0 bridgehead atoms. The highest BCUT2D eigenvalue weighted by atomic mass is 79.9. The van der Waals surface area contributed by atoms with E-state index in [1.54, 1.807) is 42.0 Å². The van der Waals surface area contributed by atoms with Crippen molar-refractivity contribution in [2.45, 2.75) is 20.1 Å². The second-order valence-electron chi connectivity index (χ2n) is 4.06. The molecule has 0 unspecified atom stereocenters. The van der Waals surface area contributed by atoms with E-state index >= 15 is 0 Å². The van der Waals surface area contributed by atoms with E-state index in [-0.39, 0.29) is 0 Å². The van der Waals surface area contributed by atoms with Crippen molar-refractivity contribution in [3.63, 3.8) is 0 Å². The van der Waals surface area contributed by atoms with E-state index in [4.69, 9.17) is 4.74 Å². The van der Waals surface area contributed by atoms with Gasteiger partial charge in [0.05, 0.1) is 6.61 Å². The van der Waals surface area contributed by atoms with Gasteiger partial charge in [-0.3, -0.25) is 0 Å². The smallest absolute Gasteiger partial charge is 0.179 e. The van der Waals surface area contributed by atoms with E-state index in [9.17, 15) is 0 Å². The third-order valence-corrected chi connectivity index (χ3v) is 6.27. The van der Waals surface area contributed by atoms with Gasteiger partial charge in [0.1, 0.15) is 0 Å². The van der Waals surface area contributed by atoms with Crippen molar-refractivity contribution in [2.24, 2.45) is 0 Å². The van der Waals surface area contributed by atoms with Gasteiger partial charge >= 0.3 is 0 Å². The SMILES string of the molecule is COCCNCc1ccc(Sc2nnc(SC)s2)cc1Br. The number of thioether (sulfide) groups is 1. The Morgan fingerprint density at radius 3 is 2.81 bits per heavy atom. The minimum absolute atomic E-state index is 0.723. The van der Waals surface area contributed by atoms with Crippen LogP contribution in [-0.2, 0) is 11.3 Å². The number of hydrogen-bond donors (Lipinski definition) is 1. The van der Waals surface area contributed by atoms with E-state index in [1.165, 1.54) is 5.56 Å². The van der Waals surface area contributed by atoms with Crippen LogP contribution in [0.25, 0.3) is 0 Å². The third-order valence-electron chi connectivity index (χ3n) is 2.59. The molecular formula is C13H16BrN3OS3. The molecule has 2 rings (SSSR count). The molecule has 0 aliphatic carbocycles.